The van der Waals surface area contributed by atoms with Crippen molar-refractivity contribution in [2.24, 2.45) is 10.1 Å². The van der Waals surface area contributed by atoms with Crippen molar-refractivity contribution in [1.29, 1.82) is 5.41 Å². The first-order chi connectivity index (χ1) is 12.2. The van der Waals surface area contributed by atoms with E-state index in [9.17, 15) is 13.2 Å². The van der Waals surface area contributed by atoms with Crippen LogP contribution in [0.4, 0.5) is 0 Å². The lowest BCUT2D eigenvalue weighted by atomic mass is 10.0. The Morgan fingerprint density at radius 2 is 1.92 bits per heavy atom. The number of hydrazone groups is 1. The zero-order valence-electron chi connectivity index (χ0n) is 14.6. The molecule has 2 aliphatic heterocycles. The molecule has 0 radical (unpaired) electrons. The minimum atomic E-state index is -3.52. The Labute approximate surface area is 156 Å². The van der Waals surface area contributed by atoms with Gasteiger partial charge in [-0.1, -0.05) is 45.0 Å². The Hall–Kier alpha value is -2.26. The number of amidine groups is 2. The SMILES string of the molecule is CCS(=O)(=O)C1=NN2C(=N)/C(=C/c3ccc(C(C)C)cc3)C(=O)N=C2S1. The average Bonchev–Trinajstić information content (AvgIpc) is 3.04. The van der Waals surface area contributed by atoms with Crippen molar-refractivity contribution in [2.45, 2.75) is 26.7 Å². The van der Waals surface area contributed by atoms with Crippen LogP contribution in [0.3, 0.4) is 0 Å². The lowest BCUT2D eigenvalue weighted by Gasteiger charge is -2.20. The van der Waals surface area contributed by atoms with Crippen molar-refractivity contribution >= 4 is 49.0 Å². The molecule has 0 spiro atoms. The molecule has 0 aliphatic carbocycles. The summed E-state index contributed by atoms with van der Waals surface area (Å²) in [6.07, 6.45) is 1.57. The molecule has 136 valence electrons. The van der Waals surface area contributed by atoms with Gasteiger partial charge in [0.15, 0.2) is 5.84 Å². The predicted octanol–water partition coefficient (Wildman–Crippen LogP) is 2.82. The second kappa shape index (κ2) is 6.81. The van der Waals surface area contributed by atoms with E-state index in [-0.39, 0.29) is 26.7 Å². The van der Waals surface area contributed by atoms with Crippen LogP contribution in [0.5, 0.6) is 0 Å². The highest BCUT2D eigenvalue weighted by Gasteiger charge is 2.39. The molecule has 3 rings (SSSR count). The molecule has 0 saturated carbocycles. The van der Waals surface area contributed by atoms with Gasteiger partial charge in [-0.25, -0.2) is 8.42 Å². The van der Waals surface area contributed by atoms with Crippen molar-refractivity contribution in [3.05, 3.63) is 41.0 Å². The molecule has 9 heteroatoms. The number of hydrogen-bond donors (Lipinski definition) is 1. The quantitative estimate of drug-likeness (QED) is 0.800. The summed E-state index contributed by atoms with van der Waals surface area (Å²) in [4.78, 5) is 16.2. The van der Waals surface area contributed by atoms with Crippen LogP contribution < -0.4 is 0 Å². The summed E-state index contributed by atoms with van der Waals surface area (Å²) in [7, 11) is -3.52. The maximum absolute atomic E-state index is 12.3. The fourth-order valence-electron chi connectivity index (χ4n) is 2.37. The normalized spacial score (nSPS) is 19.1. The smallest absolute Gasteiger partial charge is 0.282 e. The Bertz CT molecular complexity index is 974. The van der Waals surface area contributed by atoms with Gasteiger partial charge >= 0.3 is 0 Å². The van der Waals surface area contributed by atoms with E-state index in [0.29, 0.717) is 5.92 Å². The highest BCUT2D eigenvalue weighted by molar-refractivity contribution is 8.42. The number of hydrogen-bond acceptors (Lipinski definition) is 6. The number of carbonyl (C=O) groups excluding carboxylic acids is 1. The first-order valence-corrected chi connectivity index (χ1v) is 10.5. The van der Waals surface area contributed by atoms with Gasteiger partial charge in [-0.2, -0.15) is 10.0 Å². The van der Waals surface area contributed by atoms with E-state index in [1.807, 2.05) is 24.3 Å². The highest BCUT2D eigenvalue weighted by atomic mass is 32.3. The summed E-state index contributed by atoms with van der Waals surface area (Å²) in [6, 6.07) is 7.69. The van der Waals surface area contributed by atoms with Gasteiger partial charge in [-0.15, -0.1) is 5.10 Å². The van der Waals surface area contributed by atoms with E-state index in [1.54, 1.807) is 6.08 Å². The Morgan fingerprint density at radius 1 is 1.27 bits per heavy atom. The second-order valence-corrected chi connectivity index (χ2v) is 9.52. The predicted molar refractivity (Wildman–Crippen MR) is 105 cm³/mol. The van der Waals surface area contributed by atoms with Crippen LogP contribution >= 0.6 is 11.8 Å². The zero-order valence-corrected chi connectivity index (χ0v) is 16.2. The average molecular weight is 390 g/mol. The van der Waals surface area contributed by atoms with E-state index in [4.69, 9.17) is 5.41 Å². The van der Waals surface area contributed by atoms with Crippen molar-refractivity contribution in [3.63, 3.8) is 0 Å². The van der Waals surface area contributed by atoms with Crippen molar-refractivity contribution in [2.75, 3.05) is 5.75 Å². The molecule has 7 nitrogen and oxygen atoms in total. The third kappa shape index (κ3) is 3.36. The lowest BCUT2D eigenvalue weighted by molar-refractivity contribution is -0.114. The van der Waals surface area contributed by atoms with Crippen molar-refractivity contribution in [3.8, 4) is 0 Å². The minimum absolute atomic E-state index is 0.0746. The topological polar surface area (TPSA) is 103 Å². The Morgan fingerprint density at radius 3 is 2.50 bits per heavy atom. The molecule has 0 unspecified atom stereocenters. The van der Waals surface area contributed by atoms with Gasteiger partial charge in [0.05, 0.1) is 11.3 Å². The van der Waals surface area contributed by atoms with Gasteiger partial charge in [0.2, 0.25) is 19.4 Å². The van der Waals surface area contributed by atoms with Gasteiger partial charge in [-0.3, -0.25) is 10.2 Å². The standard InChI is InChI=1S/C17H18N4O3S2/c1-4-26(23,24)17-20-21-14(18)13(15(22)19-16(21)25-17)9-11-5-7-12(8-6-11)10(2)3/h5-10,18H,4H2,1-3H3/b13-9-,18-14?. The maximum atomic E-state index is 12.3. The number of nitrogens with zero attached hydrogens (tertiary/aromatic N) is 3. The third-order valence-electron chi connectivity index (χ3n) is 4.00. The number of carbonyl (C=O) groups is 1. The number of sulfone groups is 1. The van der Waals surface area contributed by atoms with Crippen LogP contribution in [0.25, 0.3) is 6.08 Å². The maximum Gasteiger partial charge on any atom is 0.283 e. The molecule has 0 atom stereocenters. The monoisotopic (exact) mass is 390 g/mol. The highest BCUT2D eigenvalue weighted by Crippen LogP contribution is 2.30. The molecule has 0 bridgehead atoms. The molecule has 0 aromatic heterocycles. The van der Waals surface area contributed by atoms with Crippen molar-refractivity contribution < 1.29 is 13.2 Å². The summed E-state index contributed by atoms with van der Waals surface area (Å²) >= 11 is 0.796. The first kappa shape index (κ1) is 18.5. The molecule has 1 N–H and O–H groups in total. The fraction of sp³-hybridized carbons (Fsp3) is 0.294. The van der Waals surface area contributed by atoms with Gasteiger partial charge in [0.25, 0.3) is 5.91 Å². The summed E-state index contributed by atoms with van der Waals surface area (Å²) in [5, 5.41) is 13.4. The van der Waals surface area contributed by atoms with Gasteiger partial charge < -0.3 is 0 Å². The van der Waals surface area contributed by atoms with Crippen LogP contribution in [0.2, 0.25) is 0 Å². The molecule has 26 heavy (non-hydrogen) atoms. The van der Waals surface area contributed by atoms with E-state index in [0.717, 1.165) is 22.3 Å². The van der Waals surface area contributed by atoms with E-state index >= 15 is 0 Å². The van der Waals surface area contributed by atoms with Crippen LogP contribution in [-0.2, 0) is 14.6 Å². The molecule has 2 heterocycles. The van der Waals surface area contributed by atoms with Gasteiger partial charge in [0, 0.05) is 0 Å². The summed E-state index contributed by atoms with van der Waals surface area (Å²) in [6.45, 7) is 5.70. The fourth-order valence-corrected chi connectivity index (χ4v) is 4.53. The first-order valence-electron chi connectivity index (χ1n) is 8.06. The molecule has 2 aliphatic rings. The minimum Gasteiger partial charge on any atom is -0.282 e. The molecule has 1 aromatic rings. The van der Waals surface area contributed by atoms with E-state index in [1.165, 1.54) is 12.5 Å². The van der Waals surface area contributed by atoms with Crippen LogP contribution in [0.15, 0.2) is 39.9 Å². The number of rotatable bonds is 3. The van der Waals surface area contributed by atoms with Gasteiger partial charge in [-0.05, 0) is 34.9 Å². The summed E-state index contributed by atoms with van der Waals surface area (Å²) in [5.41, 5.74) is 2.01. The number of thioether (sulfide) groups is 1. The summed E-state index contributed by atoms with van der Waals surface area (Å²) < 4.78 is 23.8. The lowest BCUT2D eigenvalue weighted by Crippen LogP contribution is -2.35. The number of fused-ring (bicyclic) bond motifs is 1. The molecule has 0 fully saturated rings. The molecule has 0 saturated heterocycles. The number of benzene rings is 1. The summed E-state index contributed by atoms with van der Waals surface area (Å²) in [5.74, 6) is -0.464. The second-order valence-electron chi connectivity index (χ2n) is 6.11. The zero-order chi connectivity index (χ0) is 19.1. The molecule has 1 aromatic carbocycles. The number of aliphatic imine (C=N–C) groups is 1. The molecule has 1 amide bonds. The van der Waals surface area contributed by atoms with Crippen LogP contribution in [0, 0.1) is 5.41 Å². The number of nitrogens with one attached hydrogen (secondary N) is 1. The largest absolute Gasteiger partial charge is 0.283 e. The third-order valence-corrected chi connectivity index (χ3v) is 7.08. The van der Waals surface area contributed by atoms with Crippen LogP contribution in [-0.4, -0.2) is 40.5 Å². The molecular formula is C17H18N4O3S2. The van der Waals surface area contributed by atoms with Crippen molar-refractivity contribution in [1.82, 2.24) is 5.01 Å². The van der Waals surface area contributed by atoms with E-state index in [2.05, 4.69) is 23.9 Å². The molecular weight excluding hydrogens is 372 g/mol. The van der Waals surface area contributed by atoms with Crippen LogP contribution in [0.1, 0.15) is 37.8 Å². The Balaban J connectivity index is 1.94. The Kier molecular flexibility index (Phi) is 4.85. The number of amides is 1. The van der Waals surface area contributed by atoms with Gasteiger partial charge in [0.1, 0.15) is 0 Å². The van der Waals surface area contributed by atoms with E-state index < -0.39 is 15.7 Å².